The number of nitrogens with one attached hydrogen (secondary N) is 2. The quantitative estimate of drug-likeness (QED) is 0.723. The van der Waals surface area contributed by atoms with Crippen molar-refractivity contribution in [2.75, 3.05) is 19.0 Å². The van der Waals surface area contributed by atoms with E-state index in [0.29, 0.717) is 11.4 Å². The van der Waals surface area contributed by atoms with Gasteiger partial charge in [0.1, 0.15) is 6.10 Å². The summed E-state index contributed by atoms with van der Waals surface area (Å²) in [5.41, 5.74) is 1.01. The molecule has 2 rings (SSSR count). The van der Waals surface area contributed by atoms with Crippen LogP contribution in [0.2, 0.25) is 0 Å². The smallest absolute Gasteiger partial charge is 0.411 e. The molecule has 1 unspecified atom stereocenters. The third-order valence-electron chi connectivity index (χ3n) is 3.39. The molecule has 130 valence electrons. The summed E-state index contributed by atoms with van der Waals surface area (Å²) in [5.74, 6) is 0. The fraction of sp³-hybridized carbons (Fsp3) is 0.267. The molecule has 3 N–H and O–H groups in total. The Morgan fingerprint density at radius 1 is 1.29 bits per heavy atom. The average Bonchev–Trinajstić information content (AvgIpc) is 2.99. The SMILES string of the molecule is COC(=O)Nc1ccc(S(=O)(=O)NCC(O)c2cccn2C)cc1. The molecule has 0 aliphatic carbocycles. The number of hydrogen-bond acceptors (Lipinski definition) is 5. The molecule has 9 heteroatoms. The van der Waals surface area contributed by atoms with Gasteiger partial charge in [-0.2, -0.15) is 0 Å². The van der Waals surface area contributed by atoms with Crippen LogP contribution in [-0.4, -0.2) is 37.8 Å². The fourth-order valence-corrected chi connectivity index (χ4v) is 3.12. The molecule has 1 amide bonds. The molecule has 1 aromatic heterocycles. The first-order valence-electron chi connectivity index (χ1n) is 7.07. The molecule has 0 aliphatic rings. The lowest BCUT2D eigenvalue weighted by Gasteiger charge is -2.13. The second kappa shape index (κ2) is 7.47. The number of aryl methyl sites for hydroxylation is 1. The molecule has 1 aromatic carbocycles. The van der Waals surface area contributed by atoms with Crippen LogP contribution >= 0.6 is 0 Å². The number of carbonyl (C=O) groups excluding carboxylic acids is 1. The monoisotopic (exact) mass is 353 g/mol. The van der Waals surface area contributed by atoms with Crippen molar-refractivity contribution < 1.29 is 23.1 Å². The minimum Gasteiger partial charge on any atom is -0.453 e. The normalized spacial score (nSPS) is 12.6. The standard InChI is InChI=1S/C15H19N3O5S/c1-18-9-3-4-13(18)14(19)10-16-24(21,22)12-7-5-11(6-8-12)17-15(20)23-2/h3-9,14,16,19H,10H2,1-2H3,(H,17,20). The highest BCUT2D eigenvalue weighted by Crippen LogP contribution is 2.16. The van der Waals surface area contributed by atoms with Gasteiger partial charge in [0.05, 0.1) is 12.0 Å². The Balaban J connectivity index is 2.02. The van der Waals surface area contributed by atoms with E-state index in [4.69, 9.17) is 0 Å². The predicted octanol–water partition coefficient (Wildman–Crippen LogP) is 1.22. The van der Waals surface area contributed by atoms with Gasteiger partial charge < -0.3 is 14.4 Å². The van der Waals surface area contributed by atoms with Gasteiger partial charge in [0.2, 0.25) is 10.0 Å². The number of rotatable bonds is 6. The zero-order valence-corrected chi connectivity index (χ0v) is 14.1. The lowest BCUT2D eigenvalue weighted by atomic mass is 10.2. The van der Waals surface area contributed by atoms with Gasteiger partial charge in [-0.1, -0.05) is 0 Å². The second-order valence-electron chi connectivity index (χ2n) is 5.05. The highest BCUT2D eigenvalue weighted by molar-refractivity contribution is 7.89. The number of carbonyl (C=O) groups is 1. The topological polar surface area (TPSA) is 110 Å². The predicted molar refractivity (Wildman–Crippen MR) is 88.0 cm³/mol. The van der Waals surface area contributed by atoms with E-state index in [1.807, 2.05) is 0 Å². The van der Waals surface area contributed by atoms with E-state index < -0.39 is 22.2 Å². The molecule has 0 fully saturated rings. The molecule has 0 spiro atoms. The number of hydrogen-bond donors (Lipinski definition) is 3. The highest BCUT2D eigenvalue weighted by atomic mass is 32.2. The average molecular weight is 353 g/mol. The molecule has 1 atom stereocenters. The van der Waals surface area contributed by atoms with Gasteiger partial charge in [-0.15, -0.1) is 0 Å². The molecule has 0 radical (unpaired) electrons. The van der Waals surface area contributed by atoms with Crippen LogP contribution in [0.5, 0.6) is 0 Å². The van der Waals surface area contributed by atoms with Gasteiger partial charge in [-0.3, -0.25) is 5.32 Å². The number of nitrogens with zero attached hydrogens (tertiary/aromatic N) is 1. The summed E-state index contributed by atoms with van der Waals surface area (Å²) in [6.45, 7) is -0.150. The summed E-state index contributed by atoms with van der Waals surface area (Å²) >= 11 is 0. The number of benzene rings is 1. The Morgan fingerprint density at radius 3 is 2.50 bits per heavy atom. The Kier molecular flexibility index (Phi) is 5.60. The number of amides is 1. The minimum absolute atomic E-state index is 0.0250. The maximum absolute atomic E-state index is 12.2. The fourth-order valence-electron chi connectivity index (χ4n) is 2.08. The van der Waals surface area contributed by atoms with Crippen molar-refractivity contribution in [3.63, 3.8) is 0 Å². The molecular formula is C15H19N3O5S. The third kappa shape index (κ3) is 4.34. The molecule has 0 bridgehead atoms. The van der Waals surface area contributed by atoms with Gasteiger partial charge >= 0.3 is 6.09 Å². The Bertz CT molecular complexity index is 799. The number of methoxy groups -OCH3 is 1. The minimum atomic E-state index is -3.77. The molecule has 8 nitrogen and oxygen atoms in total. The molecule has 0 aliphatic heterocycles. The Hall–Kier alpha value is -2.36. The van der Waals surface area contributed by atoms with E-state index in [0.717, 1.165) is 0 Å². The number of sulfonamides is 1. The largest absolute Gasteiger partial charge is 0.453 e. The molecule has 24 heavy (non-hydrogen) atoms. The number of ether oxygens (including phenoxy) is 1. The molecule has 0 saturated heterocycles. The van der Waals surface area contributed by atoms with Crippen molar-refractivity contribution in [1.82, 2.24) is 9.29 Å². The van der Waals surface area contributed by atoms with Crippen LogP contribution in [-0.2, 0) is 21.8 Å². The van der Waals surface area contributed by atoms with Gasteiger partial charge in [-0.25, -0.2) is 17.9 Å². The zero-order valence-electron chi connectivity index (χ0n) is 13.3. The van der Waals surface area contributed by atoms with Crippen molar-refractivity contribution in [1.29, 1.82) is 0 Å². The summed E-state index contributed by atoms with van der Waals surface area (Å²) in [6.07, 6.45) is 0.162. The Morgan fingerprint density at radius 2 is 1.96 bits per heavy atom. The van der Waals surface area contributed by atoms with Crippen molar-refractivity contribution >= 4 is 21.8 Å². The van der Waals surface area contributed by atoms with E-state index in [-0.39, 0.29) is 11.4 Å². The Labute approximate surface area is 140 Å². The summed E-state index contributed by atoms with van der Waals surface area (Å²) in [5, 5.41) is 12.5. The first kappa shape index (κ1) is 18.0. The van der Waals surface area contributed by atoms with Crippen LogP contribution in [0, 0.1) is 0 Å². The lowest BCUT2D eigenvalue weighted by molar-refractivity contribution is 0.173. The van der Waals surface area contributed by atoms with Crippen molar-refractivity contribution in [2.24, 2.45) is 7.05 Å². The van der Waals surface area contributed by atoms with E-state index in [2.05, 4.69) is 14.8 Å². The van der Waals surface area contributed by atoms with E-state index in [9.17, 15) is 18.3 Å². The van der Waals surface area contributed by atoms with Crippen molar-refractivity contribution in [3.05, 3.63) is 48.3 Å². The summed E-state index contributed by atoms with van der Waals surface area (Å²) < 4.78 is 33.0. The second-order valence-corrected chi connectivity index (χ2v) is 6.82. The van der Waals surface area contributed by atoms with E-state index in [1.54, 1.807) is 29.9 Å². The van der Waals surface area contributed by atoms with Crippen LogP contribution in [0.3, 0.4) is 0 Å². The first-order valence-corrected chi connectivity index (χ1v) is 8.56. The summed E-state index contributed by atoms with van der Waals surface area (Å²) in [7, 11) is -0.777. The van der Waals surface area contributed by atoms with Crippen LogP contribution in [0.1, 0.15) is 11.8 Å². The molecular weight excluding hydrogens is 334 g/mol. The zero-order chi connectivity index (χ0) is 17.7. The number of aliphatic hydroxyl groups is 1. The molecule has 2 aromatic rings. The lowest BCUT2D eigenvalue weighted by Crippen LogP contribution is -2.29. The molecule has 0 saturated carbocycles. The number of anilines is 1. The van der Waals surface area contributed by atoms with Gasteiger partial charge in [0.25, 0.3) is 0 Å². The number of aromatic nitrogens is 1. The summed E-state index contributed by atoms with van der Waals surface area (Å²) in [4.78, 5) is 11.1. The maximum Gasteiger partial charge on any atom is 0.411 e. The van der Waals surface area contributed by atoms with Crippen LogP contribution in [0.15, 0.2) is 47.5 Å². The van der Waals surface area contributed by atoms with Crippen LogP contribution in [0.25, 0.3) is 0 Å². The van der Waals surface area contributed by atoms with Gasteiger partial charge in [-0.05, 0) is 36.4 Å². The van der Waals surface area contributed by atoms with Crippen LogP contribution < -0.4 is 10.0 Å². The van der Waals surface area contributed by atoms with Gasteiger partial charge in [0, 0.05) is 31.2 Å². The van der Waals surface area contributed by atoms with Crippen molar-refractivity contribution in [2.45, 2.75) is 11.0 Å². The molecule has 1 heterocycles. The third-order valence-corrected chi connectivity index (χ3v) is 4.83. The maximum atomic E-state index is 12.2. The van der Waals surface area contributed by atoms with E-state index in [1.165, 1.54) is 31.4 Å². The van der Waals surface area contributed by atoms with Gasteiger partial charge in [0.15, 0.2) is 0 Å². The highest BCUT2D eigenvalue weighted by Gasteiger charge is 2.18. The number of aliphatic hydroxyl groups excluding tert-OH is 1. The first-order chi connectivity index (χ1) is 11.3. The van der Waals surface area contributed by atoms with E-state index >= 15 is 0 Å². The summed E-state index contributed by atoms with van der Waals surface area (Å²) in [6, 6.07) is 9.07. The van der Waals surface area contributed by atoms with Crippen LogP contribution in [0.4, 0.5) is 10.5 Å². The van der Waals surface area contributed by atoms with Crippen molar-refractivity contribution in [3.8, 4) is 0 Å².